The van der Waals surface area contributed by atoms with Crippen LogP contribution >= 0.6 is 0 Å². The third-order valence-corrected chi connectivity index (χ3v) is 13.0. The molecule has 0 atom stereocenters. The number of aromatic nitrogens is 3. The normalized spacial score (nSPS) is 13.6. The molecule has 294 valence electrons. The molecule has 0 saturated heterocycles. The van der Waals surface area contributed by atoms with Crippen molar-refractivity contribution in [2.75, 3.05) is 0 Å². The highest BCUT2D eigenvalue weighted by Crippen LogP contribution is 2.56. The molecule has 0 amide bonds. The van der Waals surface area contributed by atoms with Gasteiger partial charge in [0.1, 0.15) is 0 Å². The summed E-state index contributed by atoms with van der Waals surface area (Å²) in [7, 11) is 0. The Balaban J connectivity index is 0.922. The number of pyridine rings is 1. The molecule has 0 bridgehead atoms. The van der Waals surface area contributed by atoms with Crippen molar-refractivity contribution >= 4 is 0 Å². The number of rotatable bonds is 7. The predicted octanol–water partition coefficient (Wildman–Crippen LogP) is 14.6. The first-order chi connectivity index (χ1) is 30.6. The van der Waals surface area contributed by atoms with Crippen LogP contribution in [0.3, 0.4) is 0 Å². The topological polar surface area (TPSA) is 62.5 Å². The minimum Gasteiger partial charge on any atom is -0.264 e. The number of benzene rings is 7. The molecule has 4 nitrogen and oxygen atoms in total. The van der Waals surface area contributed by atoms with Crippen LogP contribution in [0.1, 0.15) is 48.8 Å². The molecule has 62 heavy (non-hydrogen) atoms. The monoisotopic (exact) mass is 794 g/mol. The van der Waals surface area contributed by atoms with E-state index in [1.165, 1.54) is 63.8 Å². The van der Waals surface area contributed by atoms with Gasteiger partial charge in [-0.25, -0.2) is 9.97 Å². The second-order valence-electron chi connectivity index (χ2n) is 16.7. The Morgan fingerprint density at radius 2 is 0.919 bits per heavy atom. The molecule has 0 radical (unpaired) electrons. The quantitative estimate of drug-likeness (QED) is 0.161. The molecule has 0 unspecified atom stereocenters. The van der Waals surface area contributed by atoms with Crippen molar-refractivity contribution in [2.45, 2.75) is 37.5 Å². The van der Waals surface area contributed by atoms with Crippen LogP contribution in [0.5, 0.6) is 0 Å². The zero-order chi connectivity index (χ0) is 41.5. The summed E-state index contributed by atoms with van der Waals surface area (Å²) in [6.07, 6.45) is 9.65. The average molecular weight is 795 g/mol. The van der Waals surface area contributed by atoms with Crippen LogP contribution < -0.4 is 0 Å². The molecule has 2 aliphatic carbocycles. The zero-order valence-electron chi connectivity index (χ0n) is 34.3. The van der Waals surface area contributed by atoms with E-state index in [9.17, 15) is 5.26 Å². The van der Waals surface area contributed by atoms with Gasteiger partial charge >= 0.3 is 0 Å². The third-order valence-electron chi connectivity index (χ3n) is 13.0. The second kappa shape index (κ2) is 15.7. The van der Waals surface area contributed by atoms with Crippen LogP contribution in [0.25, 0.3) is 89.5 Å². The van der Waals surface area contributed by atoms with Crippen LogP contribution in [0.4, 0.5) is 0 Å². The number of nitrogens with zero attached hydrogens (tertiary/aromatic N) is 4. The van der Waals surface area contributed by atoms with Gasteiger partial charge in [-0.2, -0.15) is 5.26 Å². The molecule has 2 aromatic heterocycles. The lowest BCUT2D eigenvalue weighted by Crippen LogP contribution is -2.28. The van der Waals surface area contributed by atoms with Crippen LogP contribution in [0, 0.1) is 11.3 Å². The van der Waals surface area contributed by atoms with E-state index in [-0.39, 0.29) is 5.41 Å². The van der Waals surface area contributed by atoms with Gasteiger partial charge in [-0.15, -0.1) is 0 Å². The van der Waals surface area contributed by atoms with Gasteiger partial charge in [0.05, 0.1) is 23.0 Å². The van der Waals surface area contributed by atoms with Crippen LogP contribution in [-0.2, 0) is 5.41 Å². The van der Waals surface area contributed by atoms with E-state index >= 15 is 0 Å². The summed E-state index contributed by atoms with van der Waals surface area (Å²) >= 11 is 0. The van der Waals surface area contributed by atoms with Crippen molar-refractivity contribution < 1.29 is 0 Å². The fourth-order valence-electron chi connectivity index (χ4n) is 9.88. The van der Waals surface area contributed by atoms with Gasteiger partial charge in [-0.1, -0.05) is 153 Å². The number of fused-ring (bicyclic) bond motifs is 5. The Morgan fingerprint density at radius 3 is 1.55 bits per heavy atom. The average Bonchev–Trinajstić information content (AvgIpc) is 3.61. The Bertz CT molecular complexity index is 3160. The molecular formula is C58H42N4. The highest BCUT2D eigenvalue weighted by atomic mass is 14.9. The smallest absolute Gasteiger partial charge is 0.160 e. The molecule has 1 saturated carbocycles. The summed E-state index contributed by atoms with van der Waals surface area (Å²) in [5.74, 6) is 0.691. The minimum atomic E-state index is -0.0189. The van der Waals surface area contributed by atoms with Gasteiger partial charge in [0.25, 0.3) is 0 Å². The Kier molecular flexibility index (Phi) is 9.44. The molecule has 2 aliphatic rings. The molecule has 0 N–H and O–H groups in total. The molecule has 1 spiro atoms. The Morgan fingerprint density at radius 1 is 0.403 bits per heavy atom. The fraction of sp³-hybridized carbons (Fsp3) is 0.103. The molecular weight excluding hydrogens is 753 g/mol. The van der Waals surface area contributed by atoms with Crippen molar-refractivity contribution in [1.29, 1.82) is 5.26 Å². The summed E-state index contributed by atoms with van der Waals surface area (Å²) in [5.41, 5.74) is 20.1. The summed E-state index contributed by atoms with van der Waals surface area (Å²) in [5, 5.41) is 9.79. The van der Waals surface area contributed by atoms with E-state index in [0.29, 0.717) is 5.82 Å². The Hall–Kier alpha value is -7.74. The van der Waals surface area contributed by atoms with Crippen molar-refractivity contribution in [2.24, 2.45) is 0 Å². The van der Waals surface area contributed by atoms with E-state index in [4.69, 9.17) is 9.97 Å². The van der Waals surface area contributed by atoms with Crippen molar-refractivity contribution in [3.8, 4) is 95.6 Å². The van der Waals surface area contributed by atoms with E-state index < -0.39 is 0 Å². The first-order valence-corrected chi connectivity index (χ1v) is 21.6. The lowest BCUT2D eigenvalue weighted by molar-refractivity contribution is 0.353. The highest BCUT2D eigenvalue weighted by molar-refractivity contribution is 5.86. The Labute approximate surface area is 362 Å². The van der Waals surface area contributed by atoms with E-state index in [0.717, 1.165) is 68.7 Å². The second-order valence-corrected chi connectivity index (χ2v) is 16.7. The van der Waals surface area contributed by atoms with Crippen LogP contribution in [0.2, 0.25) is 0 Å². The maximum absolute atomic E-state index is 9.79. The summed E-state index contributed by atoms with van der Waals surface area (Å²) in [4.78, 5) is 14.5. The molecule has 2 heterocycles. The van der Waals surface area contributed by atoms with Crippen molar-refractivity contribution in [3.63, 3.8) is 0 Å². The number of hydrogen-bond acceptors (Lipinski definition) is 4. The minimum absolute atomic E-state index is 0.0189. The molecule has 7 aromatic carbocycles. The molecule has 11 rings (SSSR count). The van der Waals surface area contributed by atoms with E-state index in [2.05, 4.69) is 163 Å². The van der Waals surface area contributed by atoms with Gasteiger partial charge in [0, 0.05) is 34.5 Å². The number of hydrogen-bond donors (Lipinski definition) is 0. The summed E-state index contributed by atoms with van der Waals surface area (Å²) < 4.78 is 0. The van der Waals surface area contributed by atoms with E-state index in [1.54, 1.807) is 6.20 Å². The molecule has 4 heteroatoms. The fourth-order valence-corrected chi connectivity index (χ4v) is 9.88. The lowest BCUT2D eigenvalue weighted by atomic mass is 9.67. The zero-order valence-corrected chi connectivity index (χ0v) is 34.3. The SMILES string of the molecule is N#Cc1ccc2c(c1)C1(CCCCC1)c1cc(-c3cccc(-c4cccc(-c5cccc(-c6cc(-c7ccc(-c8cccnc8)cc7)nc(-c7ccccc7)n6)c5)c4)c3)ccc1-2. The largest absolute Gasteiger partial charge is 0.264 e. The maximum Gasteiger partial charge on any atom is 0.160 e. The van der Waals surface area contributed by atoms with Crippen molar-refractivity contribution in [3.05, 3.63) is 211 Å². The number of nitriles is 1. The van der Waals surface area contributed by atoms with Gasteiger partial charge < -0.3 is 0 Å². The van der Waals surface area contributed by atoms with Gasteiger partial charge in [0.15, 0.2) is 5.82 Å². The third kappa shape index (κ3) is 6.79. The van der Waals surface area contributed by atoms with Gasteiger partial charge in [-0.05, 0) is 128 Å². The first-order valence-electron chi connectivity index (χ1n) is 21.6. The van der Waals surface area contributed by atoms with Gasteiger partial charge in [0.2, 0.25) is 0 Å². The van der Waals surface area contributed by atoms with Crippen molar-refractivity contribution in [1.82, 2.24) is 15.0 Å². The first kappa shape index (κ1) is 37.3. The van der Waals surface area contributed by atoms with E-state index in [1.807, 2.05) is 36.5 Å². The summed E-state index contributed by atoms with van der Waals surface area (Å²) in [6, 6.07) is 67.1. The van der Waals surface area contributed by atoms with Gasteiger partial charge in [-0.3, -0.25) is 4.98 Å². The van der Waals surface area contributed by atoms with Crippen LogP contribution in [-0.4, -0.2) is 15.0 Å². The molecule has 9 aromatic rings. The standard InChI is InChI=1S/C58H42N4/c59-37-39-20-26-51-52-27-25-48(35-54(52)58(53(51)31-39)28-5-2-6-29-58)46-16-8-14-44(33-46)43-13-7-15-45(32-43)47-17-9-18-49(34-47)56-36-55(61-57(62-56)42-11-3-1-4-12-42)41-23-21-40(22-24-41)50-19-10-30-60-38-50/h1,3-4,7-27,30-36,38H,2,5-6,28-29H2. The van der Waals surface area contributed by atoms with Crippen LogP contribution in [0.15, 0.2) is 194 Å². The summed E-state index contributed by atoms with van der Waals surface area (Å²) in [6.45, 7) is 0. The molecule has 0 aliphatic heterocycles. The molecule has 1 fully saturated rings. The highest BCUT2D eigenvalue weighted by Gasteiger charge is 2.44. The predicted molar refractivity (Wildman–Crippen MR) is 252 cm³/mol. The lowest BCUT2D eigenvalue weighted by Gasteiger charge is -2.36. The maximum atomic E-state index is 9.79.